The Morgan fingerprint density at radius 3 is 2.80 bits per heavy atom. The standard InChI is InChI=1S/C10H13ClN2O2/c1-6-4-7(2-3-8(6)11)15-5-9(12)10(13)14/h2-4,9H,5,12H2,1H3,(H2,13,14). The minimum absolute atomic E-state index is 0.0659. The first kappa shape index (κ1) is 11.8. The number of benzene rings is 1. The van der Waals surface area contributed by atoms with Crippen LogP contribution in [0.1, 0.15) is 5.56 Å². The Bertz CT molecular complexity index is 368. The van der Waals surface area contributed by atoms with Crippen molar-refractivity contribution in [1.29, 1.82) is 0 Å². The summed E-state index contributed by atoms with van der Waals surface area (Å²) in [6, 6.07) is 4.42. The molecular weight excluding hydrogens is 216 g/mol. The van der Waals surface area contributed by atoms with Crippen LogP contribution in [0, 0.1) is 6.92 Å². The Balaban J connectivity index is 2.58. The molecule has 0 aromatic heterocycles. The second-order valence-corrected chi connectivity index (χ2v) is 3.64. The fourth-order valence-corrected chi connectivity index (χ4v) is 1.09. The molecule has 1 unspecified atom stereocenters. The lowest BCUT2D eigenvalue weighted by molar-refractivity contribution is -0.119. The average Bonchev–Trinajstić information content (AvgIpc) is 2.19. The molecule has 15 heavy (non-hydrogen) atoms. The van der Waals surface area contributed by atoms with Gasteiger partial charge in [-0.05, 0) is 30.7 Å². The molecule has 4 nitrogen and oxygen atoms in total. The molecule has 1 aromatic carbocycles. The molecule has 0 bridgehead atoms. The van der Waals surface area contributed by atoms with Gasteiger partial charge in [0.2, 0.25) is 5.91 Å². The summed E-state index contributed by atoms with van der Waals surface area (Å²) in [5.41, 5.74) is 11.3. The number of hydrogen-bond acceptors (Lipinski definition) is 3. The molecule has 0 saturated carbocycles. The van der Waals surface area contributed by atoms with Crippen LogP contribution in [0.25, 0.3) is 0 Å². The average molecular weight is 229 g/mol. The number of carbonyl (C=O) groups is 1. The molecule has 0 fully saturated rings. The second-order valence-electron chi connectivity index (χ2n) is 3.23. The van der Waals surface area contributed by atoms with Crippen LogP contribution >= 0.6 is 11.6 Å². The summed E-state index contributed by atoms with van der Waals surface area (Å²) in [5, 5.41) is 0.668. The van der Waals surface area contributed by atoms with Gasteiger partial charge in [0, 0.05) is 5.02 Å². The van der Waals surface area contributed by atoms with Gasteiger partial charge in [0.25, 0.3) is 0 Å². The highest BCUT2D eigenvalue weighted by Crippen LogP contribution is 2.20. The zero-order valence-corrected chi connectivity index (χ0v) is 9.12. The molecule has 4 N–H and O–H groups in total. The van der Waals surface area contributed by atoms with Gasteiger partial charge >= 0.3 is 0 Å². The molecule has 0 heterocycles. The van der Waals surface area contributed by atoms with E-state index in [1.165, 1.54) is 0 Å². The molecule has 0 radical (unpaired) electrons. The number of hydrogen-bond donors (Lipinski definition) is 2. The van der Waals surface area contributed by atoms with Gasteiger partial charge in [-0.25, -0.2) is 0 Å². The molecule has 0 spiro atoms. The SMILES string of the molecule is Cc1cc(OCC(N)C(N)=O)ccc1Cl. The van der Waals surface area contributed by atoms with Crippen molar-refractivity contribution in [3.8, 4) is 5.75 Å². The molecule has 0 aliphatic carbocycles. The van der Waals surface area contributed by atoms with Crippen molar-refractivity contribution in [2.75, 3.05) is 6.61 Å². The van der Waals surface area contributed by atoms with E-state index in [9.17, 15) is 4.79 Å². The molecule has 0 saturated heterocycles. The Labute approximate surface area is 93.1 Å². The molecule has 1 atom stereocenters. The van der Waals surface area contributed by atoms with Crippen LogP contribution in [0.2, 0.25) is 5.02 Å². The number of carbonyl (C=O) groups excluding carboxylic acids is 1. The number of nitrogens with two attached hydrogens (primary N) is 2. The third-order valence-corrected chi connectivity index (χ3v) is 2.35. The normalized spacial score (nSPS) is 12.2. The van der Waals surface area contributed by atoms with E-state index in [0.29, 0.717) is 10.8 Å². The van der Waals surface area contributed by atoms with Gasteiger partial charge in [0.15, 0.2) is 0 Å². The monoisotopic (exact) mass is 228 g/mol. The van der Waals surface area contributed by atoms with Crippen molar-refractivity contribution in [2.45, 2.75) is 13.0 Å². The van der Waals surface area contributed by atoms with Gasteiger partial charge in [-0.3, -0.25) is 4.79 Å². The van der Waals surface area contributed by atoms with Gasteiger partial charge in [0.1, 0.15) is 18.4 Å². The maximum atomic E-state index is 10.6. The van der Waals surface area contributed by atoms with Crippen molar-refractivity contribution < 1.29 is 9.53 Å². The van der Waals surface area contributed by atoms with Crippen LogP contribution in [0.15, 0.2) is 18.2 Å². The molecule has 1 aromatic rings. The lowest BCUT2D eigenvalue weighted by atomic mass is 10.2. The molecule has 0 aliphatic rings. The Hall–Kier alpha value is -1.26. The number of ether oxygens (including phenoxy) is 1. The topological polar surface area (TPSA) is 78.3 Å². The van der Waals surface area contributed by atoms with E-state index >= 15 is 0 Å². The van der Waals surface area contributed by atoms with Crippen molar-refractivity contribution in [3.05, 3.63) is 28.8 Å². The first-order valence-corrected chi connectivity index (χ1v) is 4.82. The lowest BCUT2D eigenvalue weighted by Gasteiger charge is -2.10. The maximum absolute atomic E-state index is 10.6. The third-order valence-electron chi connectivity index (χ3n) is 1.92. The van der Waals surface area contributed by atoms with E-state index in [0.717, 1.165) is 5.56 Å². The summed E-state index contributed by atoms with van der Waals surface area (Å²) >= 11 is 5.84. The minimum atomic E-state index is -0.791. The molecule has 1 rings (SSSR count). The van der Waals surface area contributed by atoms with E-state index in [2.05, 4.69) is 0 Å². The maximum Gasteiger partial charge on any atom is 0.237 e. The van der Waals surface area contributed by atoms with Crippen LogP contribution in [0.4, 0.5) is 0 Å². The van der Waals surface area contributed by atoms with Crippen molar-refractivity contribution in [2.24, 2.45) is 11.5 Å². The number of primary amides is 1. The van der Waals surface area contributed by atoms with Crippen LogP contribution in [0.5, 0.6) is 5.75 Å². The highest BCUT2D eigenvalue weighted by molar-refractivity contribution is 6.31. The highest BCUT2D eigenvalue weighted by Gasteiger charge is 2.09. The van der Waals surface area contributed by atoms with Gasteiger partial charge in [-0.2, -0.15) is 0 Å². The van der Waals surface area contributed by atoms with Crippen LogP contribution in [-0.4, -0.2) is 18.6 Å². The summed E-state index contributed by atoms with van der Waals surface area (Å²) in [5.74, 6) is 0.0364. The smallest absolute Gasteiger partial charge is 0.237 e. The Morgan fingerprint density at radius 1 is 1.60 bits per heavy atom. The molecular formula is C10H13ClN2O2. The molecule has 1 amide bonds. The Morgan fingerprint density at radius 2 is 2.27 bits per heavy atom. The van der Waals surface area contributed by atoms with Gasteiger partial charge in [-0.1, -0.05) is 11.6 Å². The largest absolute Gasteiger partial charge is 0.491 e. The number of halogens is 1. The zero-order chi connectivity index (χ0) is 11.4. The van der Waals surface area contributed by atoms with Crippen molar-refractivity contribution >= 4 is 17.5 Å². The predicted octanol–water partition coefficient (Wildman–Crippen LogP) is 0.840. The van der Waals surface area contributed by atoms with Crippen LogP contribution < -0.4 is 16.2 Å². The number of amides is 1. The number of aryl methyl sites for hydroxylation is 1. The van der Waals surface area contributed by atoms with E-state index in [4.69, 9.17) is 27.8 Å². The quantitative estimate of drug-likeness (QED) is 0.802. The van der Waals surface area contributed by atoms with E-state index in [-0.39, 0.29) is 6.61 Å². The molecule has 0 aliphatic heterocycles. The first-order chi connectivity index (χ1) is 7.00. The van der Waals surface area contributed by atoms with E-state index in [1.807, 2.05) is 6.92 Å². The van der Waals surface area contributed by atoms with Crippen molar-refractivity contribution in [3.63, 3.8) is 0 Å². The summed E-state index contributed by atoms with van der Waals surface area (Å²) in [7, 11) is 0. The fourth-order valence-electron chi connectivity index (χ4n) is 0.975. The summed E-state index contributed by atoms with van der Waals surface area (Å²) in [4.78, 5) is 10.6. The fraction of sp³-hybridized carbons (Fsp3) is 0.300. The van der Waals surface area contributed by atoms with Crippen LogP contribution in [0.3, 0.4) is 0 Å². The van der Waals surface area contributed by atoms with Gasteiger partial charge in [-0.15, -0.1) is 0 Å². The van der Waals surface area contributed by atoms with Gasteiger partial charge in [0.05, 0.1) is 0 Å². The Kier molecular flexibility index (Phi) is 3.94. The first-order valence-electron chi connectivity index (χ1n) is 4.44. The van der Waals surface area contributed by atoms with E-state index < -0.39 is 11.9 Å². The highest BCUT2D eigenvalue weighted by atomic mass is 35.5. The summed E-state index contributed by atoms with van der Waals surface area (Å²) in [6.45, 7) is 1.93. The zero-order valence-electron chi connectivity index (χ0n) is 8.37. The van der Waals surface area contributed by atoms with E-state index in [1.54, 1.807) is 18.2 Å². The minimum Gasteiger partial charge on any atom is -0.491 e. The summed E-state index contributed by atoms with van der Waals surface area (Å²) < 4.78 is 5.28. The number of rotatable bonds is 4. The summed E-state index contributed by atoms with van der Waals surface area (Å²) in [6.07, 6.45) is 0. The molecule has 82 valence electrons. The van der Waals surface area contributed by atoms with Gasteiger partial charge < -0.3 is 16.2 Å². The second kappa shape index (κ2) is 5.00. The molecule has 5 heteroatoms. The predicted molar refractivity (Wildman–Crippen MR) is 58.9 cm³/mol. The third kappa shape index (κ3) is 3.42. The van der Waals surface area contributed by atoms with Crippen molar-refractivity contribution in [1.82, 2.24) is 0 Å². The van der Waals surface area contributed by atoms with Crippen LogP contribution in [-0.2, 0) is 4.79 Å². The lowest BCUT2D eigenvalue weighted by Crippen LogP contribution is -2.41.